The predicted molar refractivity (Wildman–Crippen MR) is 88.8 cm³/mol. The van der Waals surface area contributed by atoms with E-state index in [1.165, 1.54) is 0 Å². The second-order valence-electron chi connectivity index (χ2n) is 5.66. The molecule has 1 aromatic carbocycles. The molecule has 0 aliphatic heterocycles. The van der Waals surface area contributed by atoms with Crippen molar-refractivity contribution >= 4 is 15.7 Å². The largest absolute Gasteiger partial charge is 0.398 e. The summed E-state index contributed by atoms with van der Waals surface area (Å²) in [6.45, 7) is 9.93. The fourth-order valence-corrected chi connectivity index (χ4v) is 4.07. The van der Waals surface area contributed by atoms with Crippen molar-refractivity contribution in [2.75, 3.05) is 5.73 Å². The van der Waals surface area contributed by atoms with Crippen molar-refractivity contribution in [1.29, 1.82) is 0 Å². The Labute approximate surface area is 129 Å². The van der Waals surface area contributed by atoms with Crippen molar-refractivity contribution in [2.24, 2.45) is 5.92 Å². The number of hydrogen-bond acceptors (Lipinski definition) is 3. The summed E-state index contributed by atoms with van der Waals surface area (Å²) in [4.78, 5) is 0.331. The molecule has 0 aromatic heterocycles. The highest BCUT2D eigenvalue weighted by Gasteiger charge is 2.24. The maximum atomic E-state index is 12.7. The van der Waals surface area contributed by atoms with E-state index in [1.807, 2.05) is 33.8 Å². The van der Waals surface area contributed by atoms with E-state index < -0.39 is 10.0 Å². The van der Waals surface area contributed by atoms with Gasteiger partial charge in [-0.25, -0.2) is 13.1 Å². The molecule has 0 bridgehead atoms. The molecule has 2 unspecified atom stereocenters. The van der Waals surface area contributed by atoms with Gasteiger partial charge >= 0.3 is 0 Å². The first-order valence-electron chi connectivity index (χ1n) is 7.70. The van der Waals surface area contributed by atoms with Gasteiger partial charge in [0.1, 0.15) is 0 Å². The maximum Gasteiger partial charge on any atom is 0.241 e. The Hall–Kier alpha value is -1.07. The van der Waals surface area contributed by atoms with E-state index in [0.29, 0.717) is 22.6 Å². The summed E-state index contributed by atoms with van der Waals surface area (Å²) < 4.78 is 28.2. The molecule has 0 radical (unpaired) electrons. The van der Waals surface area contributed by atoms with Gasteiger partial charge in [0.25, 0.3) is 0 Å². The number of benzene rings is 1. The molecule has 0 aliphatic carbocycles. The van der Waals surface area contributed by atoms with E-state index in [-0.39, 0.29) is 12.0 Å². The molecule has 0 heterocycles. The van der Waals surface area contributed by atoms with Crippen molar-refractivity contribution in [1.82, 2.24) is 4.72 Å². The van der Waals surface area contributed by atoms with Gasteiger partial charge in [-0.1, -0.05) is 34.1 Å². The molecule has 0 fully saturated rings. The van der Waals surface area contributed by atoms with Gasteiger partial charge in [0.2, 0.25) is 10.0 Å². The van der Waals surface area contributed by atoms with Crippen LogP contribution in [0.5, 0.6) is 0 Å². The van der Waals surface area contributed by atoms with Gasteiger partial charge in [-0.2, -0.15) is 0 Å². The summed E-state index contributed by atoms with van der Waals surface area (Å²) in [5.41, 5.74) is 8.24. The topological polar surface area (TPSA) is 72.2 Å². The molecule has 0 amide bonds. The Morgan fingerprint density at radius 1 is 1.14 bits per heavy atom. The quantitative estimate of drug-likeness (QED) is 0.760. The van der Waals surface area contributed by atoms with Gasteiger partial charge in [0.05, 0.1) is 4.90 Å². The zero-order chi connectivity index (χ0) is 16.2. The normalized spacial score (nSPS) is 14.9. The fourth-order valence-electron chi connectivity index (χ4n) is 2.33. The molecule has 0 saturated carbocycles. The minimum atomic E-state index is -3.54. The molecule has 0 saturated heterocycles. The summed E-state index contributed by atoms with van der Waals surface area (Å²) in [5, 5.41) is 0. The van der Waals surface area contributed by atoms with Gasteiger partial charge in [-0.3, -0.25) is 0 Å². The molecule has 3 N–H and O–H groups in total. The summed E-state index contributed by atoms with van der Waals surface area (Å²) in [6.07, 6.45) is 2.29. The van der Waals surface area contributed by atoms with Crippen LogP contribution in [0.3, 0.4) is 0 Å². The number of nitrogens with two attached hydrogens (primary N) is 1. The van der Waals surface area contributed by atoms with Crippen molar-refractivity contribution in [3.63, 3.8) is 0 Å². The van der Waals surface area contributed by atoms with Crippen LogP contribution in [0.2, 0.25) is 0 Å². The average molecular weight is 312 g/mol. The minimum absolute atomic E-state index is 0.101. The Bertz CT molecular complexity index is 582. The molecular formula is C16H28N2O2S. The number of anilines is 1. The van der Waals surface area contributed by atoms with Gasteiger partial charge < -0.3 is 5.73 Å². The number of sulfonamides is 1. The smallest absolute Gasteiger partial charge is 0.241 e. The van der Waals surface area contributed by atoms with E-state index >= 15 is 0 Å². The summed E-state index contributed by atoms with van der Waals surface area (Å²) in [5.74, 6) is 0.288. The third-order valence-corrected chi connectivity index (χ3v) is 5.82. The number of hydrogen-bond donors (Lipinski definition) is 2. The zero-order valence-corrected chi connectivity index (χ0v) is 14.5. The molecule has 4 nitrogen and oxygen atoms in total. The second-order valence-corrected chi connectivity index (χ2v) is 7.35. The molecule has 0 spiro atoms. The predicted octanol–water partition coefficient (Wildman–Crippen LogP) is 3.11. The van der Waals surface area contributed by atoms with Gasteiger partial charge in [-0.15, -0.1) is 0 Å². The van der Waals surface area contributed by atoms with Gasteiger partial charge in [0.15, 0.2) is 0 Å². The van der Waals surface area contributed by atoms with Crippen LogP contribution >= 0.6 is 0 Å². The highest BCUT2D eigenvalue weighted by atomic mass is 32.2. The van der Waals surface area contributed by atoms with E-state index in [4.69, 9.17) is 5.73 Å². The molecule has 5 heteroatoms. The van der Waals surface area contributed by atoms with E-state index in [1.54, 1.807) is 6.07 Å². The first-order valence-corrected chi connectivity index (χ1v) is 9.18. The average Bonchev–Trinajstić information content (AvgIpc) is 2.44. The highest BCUT2D eigenvalue weighted by Crippen LogP contribution is 2.26. The van der Waals surface area contributed by atoms with Crippen LogP contribution in [0.25, 0.3) is 0 Å². The van der Waals surface area contributed by atoms with Crippen LogP contribution in [-0.4, -0.2) is 14.5 Å². The standard InChI is InChI=1S/C16H28N2O2S/c1-6-11(4)12(5)18-21(19,20)16-10-13(7-2)9-15(17)14(16)8-3/h9-12,18H,6-8,17H2,1-5H3. The second kappa shape index (κ2) is 7.27. The van der Waals surface area contributed by atoms with E-state index in [2.05, 4.69) is 11.6 Å². The SMILES string of the molecule is CCc1cc(N)c(CC)c(S(=O)(=O)NC(C)C(C)CC)c1. The lowest BCUT2D eigenvalue weighted by Gasteiger charge is -2.21. The Morgan fingerprint density at radius 2 is 1.76 bits per heavy atom. The molecular weight excluding hydrogens is 284 g/mol. The molecule has 2 atom stereocenters. The highest BCUT2D eigenvalue weighted by molar-refractivity contribution is 7.89. The van der Waals surface area contributed by atoms with Gasteiger partial charge in [-0.05, 0) is 48.9 Å². The molecule has 21 heavy (non-hydrogen) atoms. The maximum absolute atomic E-state index is 12.7. The van der Waals surface area contributed by atoms with E-state index in [9.17, 15) is 8.42 Å². The van der Waals surface area contributed by atoms with Crippen LogP contribution in [0.15, 0.2) is 17.0 Å². The molecule has 1 aromatic rings. The first-order chi connectivity index (χ1) is 9.76. The number of nitrogens with one attached hydrogen (secondary N) is 1. The van der Waals surface area contributed by atoms with Crippen molar-refractivity contribution in [2.45, 2.75) is 64.8 Å². The van der Waals surface area contributed by atoms with Crippen molar-refractivity contribution in [3.8, 4) is 0 Å². The molecule has 1 rings (SSSR count). The summed E-state index contributed by atoms with van der Waals surface area (Å²) in [6, 6.07) is 3.52. The lowest BCUT2D eigenvalue weighted by molar-refractivity contribution is 0.434. The monoisotopic (exact) mass is 312 g/mol. The Balaban J connectivity index is 3.27. The van der Waals surface area contributed by atoms with Crippen LogP contribution < -0.4 is 10.5 Å². The lowest BCUT2D eigenvalue weighted by Crippen LogP contribution is -2.37. The summed E-state index contributed by atoms with van der Waals surface area (Å²) >= 11 is 0. The molecule has 120 valence electrons. The minimum Gasteiger partial charge on any atom is -0.398 e. The van der Waals surface area contributed by atoms with Crippen molar-refractivity contribution in [3.05, 3.63) is 23.3 Å². The molecule has 0 aliphatic rings. The van der Waals surface area contributed by atoms with Crippen LogP contribution in [-0.2, 0) is 22.9 Å². The Kier molecular flexibility index (Phi) is 6.23. The Morgan fingerprint density at radius 3 is 2.24 bits per heavy atom. The van der Waals surface area contributed by atoms with Crippen LogP contribution in [0.1, 0.15) is 52.2 Å². The summed E-state index contributed by atoms with van der Waals surface area (Å²) in [7, 11) is -3.54. The fraction of sp³-hybridized carbons (Fsp3) is 0.625. The number of rotatable bonds is 7. The third-order valence-electron chi connectivity index (χ3n) is 4.19. The number of aryl methyl sites for hydroxylation is 1. The van der Waals surface area contributed by atoms with Crippen LogP contribution in [0, 0.1) is 5.92 Å². The number of nitrogen functional groups attached to an aromatic ring is 1. The van der Waals surface area contributed by atoms with Crippen LogP contribution in [0.4, 0.5) is 5.69 Å². The first kappa shape index (κ1) is 18.0. The lowest BCUT2D eigenvalue weighted by atomic mass is 10.0. The van der Waals surface area contributed by atoms with E-state index in [0.717, 1.165) is 18.4 Å². The third kappa shape index (κ3) is 4.20. The van der Waals surface area contributed by atoms with Gasteiger partial charge in [0, 0.05) is 11.7 Å². The van der Waals surface area contributed by atoms with Crippen molar-refractivity contribution < 1.29 is 8.42 Å². The zero-order valence-electron chi connectivity index (χ0n) is 13.7.